The van der Waals surface area contributed by atoms with Crippen molar-refractivity contribution in [3.63, 3.8) is 0 Å². The first-order valence-corrected chi connectivity index (χ1v) is 6.54. The molecule has 0 rings (SSSR count). The lowest BCUT2D eigenvalue weighted by Crippen LogP contribution is -2.40. The molecule has 0 aromatic rings. The summed E-state index contributed by atoms with van der Waals surface area (Å²) in [6.45, 7) is 9.15. The summed E-state index contributed by atoms with van der Waals surface area (Å²) < 4.78 is 9.63. The molecule has 0 atom stereocenters. The molecule has 0 spiro atoms. The van der Waals surface area contributed by atoms with Crippen molar-refractivity contribution in [3.8, 4) is 0 Å². The van der Waals surface area contributed by atoms with Crippen LogP contribution in [0.2, 0.25) is 0 Å². The zero-order valence-electron chi connectivity index (χ0n) is 12.3. The summed E-state index contributed by atoms with van der Waals surface area (Å²) in [4.78, 5) is 35.3. The fraction of sp³-hybridized carbons (Fsp3) is 0.500. The summed E-state index contributed by atoms with van der Waals surface area (Å²) in [6, 6.07) is 0. The summed E-state index contributed by atoms with van der Waals surface area (Å²) in [5, 5.41) is 2.48. The van der Waals surface area contributed by atoms with Gasteiger partial charge in [0.25, 0.3) is 0 Å². The molecule has 118 valence electrons. The van der Waals surface area contributed by atoms with Gasteiger partial charge in [0.2, 0.25) is 0 Å². The van der Waals surface area contributed by atoms with E-state index in [1.807, 2.05) is 0 Å². The number of nitrogens with zero attached hydrogens (tertiary/aromatic N) is 1. The van der Waals surface area contributed by atoms with Gasteiger partial charge in [-0.15, -0.1) is 0 Å². The maximum atomic E-state index is 11.7. The number of amides is 2. The maximum absolute atomic E-state index is 11.7. The Morgan fingerprint density at radius 2 is 1.71 bits per heavy atom. The van der Waals surface area contributed by atoms with E-state index in [2.05, 4.69) is 18.5 Å². The molecule has 0 saturated carbocycles. The average Bonchev–Trinajstić information content (AvgIpc) is 2.45. The second-order valence-corrected chi connectivity index (χ2v) is 4.12. The van der Waals surface area contributed by atoms with Crippen molar-refractivity contribution < 1.29 is 23.9 Å². The fourth-order valence-corrected chi connectivity index (χ4v) is 1.29. The summed E-state index contributed by atoms with van der Waals surface area (Å²) >= 11 is 0. The molecule has 21 heavy (non-hydrogen) atoms. The minimum Gasteiger partial charge on any atom is -0.445 e. The van der Waals surface area contributed by atoms with Gasteiger partial charge in [-0.05, 0) is 6.92 Å². The van der Waals surface area contributed by atoms with Crippen molar-refractivity contribution in [2.75, 3.05) is 32.8 Å². The van der Waals surface area contributed by atoms with Crippen LogP contribution in [-0.4, -0.2) is 55.7 Å². The molecule has 0 aliphatic carbocycles. The number of nitrogens with one attached hydrogen (secondary N) is 1. The number of hydrogen-bond acceptors (Lipinski definition) is 5. The topological polar surface area (TPSA) is 84.9 Å². The number of carbonyl (C=O) groups is 3. The largest absolute Gasteiger partial charge is 0.445 e. The highest BCUT2D eigenvalue weighted by Gasteiger charge is 2.15. The van der Waals surface area contributed by atoms with E-state index in [0.717, 1.165) is 0 Å². The smallest absolute Gasteiger partial charge is 0.410 e. The van der Waals surface area contributed by atoms with Crippen LogP contribution in [0.1, 0.15) is 13.3 Å². The summed E-state index contributed by atoms with van der Waals surface area (Å²) in [6.07, 6.45) is 1.97. The van der Waals surface area contributed by atoms with Gasteiger partial charge < -0.3 is 19.7 Å². The van der Waals surface area contributed by atoms with E-state index in [1.54, 1.807) is 0 Å². The summed E-state index contributed by atoms with van der Waals surface area (Å²) in [5.74, 6) is -0.0325. The van der Waals surface area contributed by atoms with E-state index in [4.69, 9.17) is 9.47 Å². The van der Waals surface area contributed by atoms with E-state index >= 15 is 0 Å². The van der Waals surface area contributed by atoms with Crippen LogP contribution in [0.5, 0.6) is 0 Å². The minimum atomic E-state index is -0.596. The summed E-state index contributed by atoms with van der Waals surface area (Å²) in [5.41, 5.74) is 0. The molecule has 0 aromatic carbocycles. The normalized spacial score (nSPS) is 9.38. The third-order valence-corrected chi connectivity index (χ3v) is 2.30. The SMILES string of the molecule is C=CCOC(=O)NCCN(CCC(C)=O)C(=O)OCC=C. The fourth-order valence-electron chi connectivity index (χ4n) is 1.29. The lowest BCUT2D eigenvalue weighted by Gasteiger charge is -2.21. The lowest BCUT2D eigenvalue weighted by molar-refractivity contribution is -0.117. The molecule has 7 heteroatoms. The van der Waals surface area contributed by atoms with Crippen LogP contribution in [0.15, 0.2) is 25.3 Å². The van der Waals surface area contributed by atoms with Gasteiger partial charge in [0.15, 0.2) is 0 Å². The van der Waals surface area contributed by atoms with Crippen LogP contribution >= 0.6 is 0 Å². The van der Waals surface area contributed by atoms with Gasteiger partial charge in [0.1, 0.15) is 19.0 Å². The molecule has 0 fully saturated rings. The van der Waals surface area contributed by atoms with Crippen molar-refractivity contribution in [3.05, 3.63) is 25.3 Å². The van der Waals surface area contributed by atoms with Crippen LogP contribution in [0.25, 0.3) is 0 Å². The zero-order valence-corrected chi connectivity index (χ0v) is 12.3. The van der Waals surface area contributed by atoms with Crippen molar-refractivity contribution in [2.45, 2.75) is 13.3 Å². The van der Waals surface area contributed by atoms with Gasteiger partial charge in [-0.2, -0.15) is 0 Å². The molecule has 0 bridgehead atoms. The van der Waals surface area contributed by atoms with Gasteiger partial charge in [-0.3, -0.25) is 4.79 Å². The van der Waals surface area contributed by atoms with E-state index in [0.29, 0.717) is 0 Å². The Balaban J connectivity index is 4.22. The Kier molecular flexibility index (Phi) is 10.2. The molecule has 2 amide bonds. The molecule has 7 nitrogen and oxygen atoms in total. The zero-order chi connectivity index (χ0) is 16.1. The van der Waals surface area contributed by atoms with Crippen molar-refractivity contribution in [1.82, 2.24) is 10.2 Å². The first-order valence-electron chi connectivity index (χ1n) is 6.54. The summed E-state index contributed by atoms with van der Waals surface area (Å²) in [7, 11) is 0. The molecular weight excluding hydrogens is 276 g/mol. The van der Waals surface area contributed by atoms with Crippen LogP contribution in [-0.2, 0) is 14.3 Å². The van der Waals surface area contributed by atoms with E-state index in [1.165, 1.54) is 24.0 Å². The number of carbonyl (C=O) groups excluding carboxylic acids is 3. The predicted octanol–water partition coefficient (Wildman–Crippen LogP) is 1.50. The van der Waals surface area contributed by atoms with Crippen LogP contribution < -0.4 is 5.32 Å². The second-order valence-electron chi connectivity index (χ2n) is 4.12. The highest BCUT2D eigenvalue weighted by Crippen LogP contribution is 1.97. The molecule has 1 N–H and O–H groups in total. The van der Waals surface area contributed by atoms with E-state index < -0.39 is 12.2 Å². The molecule has 0 heterocycles. The number of ketones is 1. The van der Waals surface area contributed by atoms with Crippen LogP contribution in [0.4, 0.5) is 9.59 Å². The average molecular weight is 298 g/mol. The maximum Gasteiger partial charge on any atom is 0.410 e. The number of alkyl carbamates (subject to hydrolysis) is 1. The predicted molar refractivity (Wildman–Crippen MR) is 78.0 cm³/mol. The van der Waals surface area contributed by atoms with E-state index in [-0.39, 0.29) is 45.1 Å². The van der Waals surface area contributed by atoms with Gasteiger partial charge in [-0.1, -0.05) is 25.3 Å². The molecule has 0 aliphatic heterocycles. The Bertz CT molecular complexity index is 382. The molecule has 0 unspecified atom stereocenters. The van der Waals surface area contributed by atoms with Crippen molar-refractivity contribution >= 4 is 18.0 Å². The van der Waals surface area contributed by atoms with Crippen molar-refractivity contribution in [2.24, 2.45) is 0 Å². The lowest BCUT2D eigenvalue weighted by atomic mass is 10.3. The third-order valence-electron chi connectivity index (χ3n) is 2.30. The van der Waals surface area contributed by atoms with Crippen LogP contribution in [0, 0.1) is 0 Å². The minimum absolute atomic E-state index is 0.0325. The molecular formula is C14H22N2O5. The van der Waals surface area contributed by atoms with Gasteiger partial charge >= 0.3 is 12.2 Å². The van der Waals surface area contributed by atoms with E-state index in [9.17, 15) is 14.4 Å². The Hall–Kier alpha value is -2.31. The number of ether oxygens (including phenoxy) is 2. The molecule has 0 saturated heterocycles. The Labute approximate surface area is 124 Å². The monoisotopic (exact) mass is 298 g/mol. The van der Waals surface area contributed by atoms with Crippen LogP contribution in [0.3, 0.4) is 0 Å². The Morgan fingerprint density at radius 1 is 1.10 bits per heavy atom. The first kappa shape index (κ1) is 18.7. The second kappa shape index (κ2) is 11.5. The standard InChI is InChI=1S/C14H22N2O5/c1-4-10-20-13(18)15-7-9-16(8-6-12(3)17)14(19)21-11-5-2/h4-5H,1-2,6-11H2,3H3,(H,15,18). The molecule has 0 aromatic heterocycles. The number of Topliss-reactive ketones (excluding diaryl/α,β-unsaturated/α-hetero) is 1. The number of rotatable bonds is 10. The van der Waals surface area contributed by atoms with Gasteiger partial charge in [-0.25, -0.2) is 9.59 Å². The highest BCUT2D eigenvalue weighted by atomic mass is 16.6. The van der Waals surface area contributed by atoms with Gasteiger partial charge in [0, 0.05) is 26.1 Å². The molecule has 0 aliphatic rings. The highest BCUT2D eigenvalue weighted by molar-refractivity contribution is 5.76. The Morgan fingerprint density at radius 3 is 2.29 bits per heavy atom. The first-order chi connectivity index (χ1) is 10.0. The van der Waals surface area contributed by atoms with Gasteiger partial charge in [0.05, 0.1) is 0 Å². The quantitative estimate of drug-likeness (QED) is 0.618. The third kappa shape index (κ3) is 10.2. The van der Waals surface area contributed by atoms with Crippen molar-refractivity contribution in [1.29, 1.82) is 0 Å². The number of hydrogen-bond donors (Lipinski definition) is 1. The molecule has 0 radical (unpaired) electrons.